The highest BCUT2D eigenvalue weighted by molar-refractivity contribution is 5.78. The zero-order chi connectivity index (χ0) is 20.6. The first-order valence-corrected chi connectivity index (χ1v) is 8.60. The topological polar surface area (TPSA) is 66.8 Å². The second kappa shape index (κ2) is 7.61. The molecule has 0 amide bonds. The minimum absolute atomic E-state index is 0.0174. The third-order valence-electron chi connectivity index (χ3n) is 4.49. The van der Waals surface area contributed by atoms with E-state index in [0.717, 1.165) is 12.1 Å². The molecule has 1 aromatic carbocycles. The van der Waals surface area contributed by atoms with Crippen molar-refractivity contribution in [1.29, 1.82) is 0 Å². The second-order valence-corrected chi connectivity index (χ2v) is 6.51. The molecule has 0 saturated carbocycles. The lowest BCUT2D eigenvalue weighted by Crippen LogP contribution is -2.20. The Morgan fingerprint density at radius 2 is 2.00 bits per heavy atom. The lowest BCUT2D eigenvalue weighted by atomic mass is 10.0. The third-order valence-corrected chi connectivity index (χ3v) is 4.49. The van der Waals surface area contributed by atoms with Crippen LogP contribution in [0.5, 0.6) is 0 Å². The van der Waals surface area contributed by atoms with E-state index in [2.05, 4.69) is 15.1 Å². The van der Waals surface area contributed by atoms with Crippen LogP contribution < -0.4 is 10.5 Å². The number of nitrogens with one attached hydrogen (secondary N) is 1. The number of hydrogen-bond acceptors (Lipinski definition) is 4. The van der Waals surface area contributed by atoms with Crippen LogP contribution in [0.3, 0.4) is 0 Å². The smallest absolute Gasteiger partial charge is 0.263 e. The molecule has 0 aliphatic heterocycles. The third kappa shape index (κ3) is 3.34. The summed E-state index contributed by atoms with van der Waals surface area (Å²) < 4.78 is 55.0. The van der Waals surface area contributed by atoms with Gasteiger partial charge in [0.15, 0.2) is 5.65 Å². The fraction of sp³-hybridized carbons (Fsp3) is 0.389. The van der Waals surface area contributed by atoms with Gasteiger partial charge in [0.1, 0.15) is 23.6 Å². The lowest BCUT2D eigenvalue weighted by Gasteiger charge is -2.19. The van der Waals surface area contributed by atoms with Gasteiger partial charge in [-0.2, -0.15) is 10.1 Å². The fourth-order valence-corrected chi connectivity index (χ4v) is 3.10. The standard InChI is InChI=1S/C18H19F4N5O/c1-4-13(10-6-5-9(15(21)22)7-11(10)20)27-16-14(12(8-19)25-27)17(28)24-18(23-16)26(2)3/h5-7,13,15H,4,8H2,1-3H3,(H,23,24,28)/t13-/m0/s1. The van der Waals surface area contributed by atoms with Gasteiger partial charge in [-0.1, -0.05) is 19.1 Å². The zero-order valence-electron chi connectivity index (χ0n) is 15.5. The Balaban J connectivity index is 2.24. The maximum Gasteiger partial charge on any atom is 0.263 e. The van der Waals surface area contributed by atoms with Crippen molar-refractivity contribution in [3.63, 3.8) is 0 Å². The SMILES string of the molecule is CC[C@@H](c1ccc(C(F)F)cc1F)n1nc(CF)c2c(=O)[nH]c(N(C)C)nc21. The van der Waals surface area contributed by atoms with E-state index in [1.165, 1.54) is 10.7 Å². The summed E-state index contributed by atoms with van der Waals surface area (Å²) in [6.45, 7) is 0.743. The highest BCUT2D eigenvalue weighted by Gasteiger charge is 2.25. The van der Waals surface area contributed by atoms with Crippen LogP contribution in [0.25, 0.3) is 11.0 Å². The fourth-order valence-electron chi connectivity index (χ4n) is 3.10. The number of halogens is 4. The molecule has 3 aromatic rings. The first-order chi connectivity index (χ1) is 13.3. The Bertz CT molecular complexity index is 1060. The van der Waals surface area contributed by atoms with Crippen molar-refractivity contribution < 1.29 is 17.6 Å². The van der Waals surface area contributed by atoms with Crippen LogP contribution in [0.2, 0.25) is 0 Å². The van der Waals surface area contributed by atoms with Gasteiger partial charge in [-0.25, -0.2) is 22.2 Å². The van der Waals surface area contributed by atoms with Crippen LogP contribution >= 0.6 is 0 Å². The Kier molecular flexibility index (Phi) is 5.39. The number of benzene rings is 1. The van der Waals surface area contributed by atoms with Crippen molar-refractivity contribution in [3.8, 4) is 0 Å². The molecule has 0 radical (unpaired) electrons. The molecule has 0 spiro atoms. The number of nitrogens with zero attached hydrogens (tertiary/aromatic N) is 4. The van der Waals surface area contributed by atoms with Crippen LogP contribution in [0.4, 0.5) is 23.5 Å². The average Bonchev–Trinajstić information content (AvgIpc) is 3.02. The van der Waals surface area contributed by atoms with Crippen LogP contribution in [0.15, 0.2) is 23.0 Å². The first kappa shape index (κ1) is 19.8. The normalized spacial score (nSPS) is 12.7. The van der Waals surface area contributed by atoms with Gasteiger partial charge in [0.25, 0.3) is 12.0 Å². The molecule has 2 aromatic heterocycles. The van der Waals surface area contributed by atoms with E-state index in [1.807, 2.05) is 0 Å². The van der Waals surface area contributed by atoms with Gasteiger partial charge in [0, 0.05) is 25.2 Å². The highest BCUT2D eigenvalue weighted by Crippen LogP contribution is 2.30. The molecule has 28 heavy (non-hydrogen) atoms. The largest absolute Gasteiger partial charge is 0.348 e. The van der Waals surface area contributed by atoms with Gasteiger partial charge in [0.2, 0.25) is 5.95 Å². The van der Waals surface area contributed by atoms with Gasteiger partial charge in [-0.05, 0) is 12.5 Å². The van der Waals surface area contributed by atoms with Crippen molar-refractivity contribution >= 4 is 17.0 Å². The summed E-state index contributed by atoms with van der Waals surface area (Å²) in [5.41, 5.74) is -0.900. The molecule has 0 aliphatic carbocycles. The number of H-pyrrole nitrogens is 1. The Hall–Kier alpha value is -2.91. The van der Waals surface area contributed by atoms with E-state index < -0.39 is 36.1 Å². The van der Waals surface area contributed by atoms with Gasteiger partial charge < -0.3 is 4.90 Å². The molecular formula is C18H19F4N5O. The summed E-state index contributed by atoms with van der Waals surface area (Å²) in [4.78, 5) is 20.9. The Morgan fingerprint density at radius 3 is 2.54 bits per heavy atom. The summed E-state index contributed by atoms with van der Waals surface area (Å²) >= 11 is 0. The monoisotopic (exact) mass is 397 g/mol. The number of aromatic amines is 1. The predicted molar refractivity (Wildman–Crippen MR) is 97.1 cm³/mol. The number of fused-ring (bicyclic) bond motifs is 1. The Morgan fingerprint density at radius 1 is 1.29 bits per heavy atom. The van der Waals surface area contributed by atoms with Crippen LogP contribution in [-0.4, -0.2) is 33.8 Å². The van der Waals surface area contributed by atoms with Crippen LogP contribution in [0.1, 0.15) is 42.6 Å². The summed E-state index contributed by atoms with van der Waals surface area (Å²) in [5.74, 6) is -0.597. The molecule has 2 heterocycles. The number of anilines is 1. The van der Waals surface area contributed by atoms with E-state index in [-0.39, 0.29) is 28.2 Å². The van der Waals surface area contributed by atoms with Crippen molar-refractivity contribution in [2.24, 2.45) is 0 Å². The van der Waals surface area contributed by atoms with Crippen molar-refractivity contribution in [1.82, 2.24) is 19.7 Å². The molecular weight excluding hydrogens is 378 g/mol. The maximum atomic E-state index is 14.6. The zero-order valence-corrected chi connectivity index (χ0v) is 15.5. The van der Waals surface area contributed by atoms with E-state index >= 15 is 0 Å². The number of hydrogen-bond donors (Lipinski definition) is 1. The van der Waals surface area contributed by atoms with Gasteiger partial charge >= 0.3 is 0 Å². The quantitative estimate of drug-likeness (QED) is 0.644. The minimum atomic E-state index is -2.80. The van der Waals surface area contributed by atoms with Gasteiger partial charge in [-0.3, -0.25) is 9.78 Å². The van der Waals surface area contributed by atoms with Gasteiger partial charge in [0.05, 0.1) is 6.04 Å². The van der Waals surface area contributed by atoms with Crippen molar-refractivity contribution in [3.05, 3.63) is 51.2 Å². The maximum absolute atomic E-state index is 14.6. The molecule has 6 nitrogen and oxygen atoms in total. The van der Waals surface area contributed by atoms with Crippen molar-refractivity contribution in [2.75, 3.05) is 19.0 Å². The summed E-state index contributed by atoms with van der Waals surface area (Å²) in [6, 6.07) is 2.42. The molecule has 10 heteroatoms. The van der Waals surface area contributed by atoms with Gasteiger partial charge in [-0.15, -0.1) is 0 Å². The van der Waals surface area contributed by atoms with Crippen molar-refractivity contribution in [2.45, 2.75) is 32.5 Å². The van der Waals surface area contributed by atoms with Crippen LogP contribution in [-0.2, 0) is 6.67 Å². The number of rotatable bonds is 6. The Labute approximate surface area is 157 Å². The highest BCUT2D eigenvalue weighted by atomic mass is 19.3. The molecule has 0 bridgehead atoms. The summed E-state index contributed by atoms with van der Waals surface area (Å²) in [5, 5.41) is 4.12. The summed E-state index contributed by atoms with van der Waals surface area (Å²) in [7, 11) is 3.34. The molecule has 0 aliphatic rings. The lowest BCUT2D eigenvalue weighted by molar-refractivity contribution is 0.151. The van der Waals surface area contributed by atoms with E-state index in [4.69, 9.17) is 0 Å². The molecule has 0 unspecified atom stereocenters. The number of aromatic nitrogens is 4. The molecule has 150 valence electrons. The van der Waals surface area contributed by atoms with E-state index in [9.17, 15) is 22.4 Å². The van der Waals surface area contributed by atoms with E-state index in [0.29, 0.717) is 6.42 Å². The predicted octanol–water partition coefficient (Wildman–Crippen LogP) is 3.73. The second-order valence-electron chi connectivity index (χ2n) is 6.51. The molecule has 1 N–H and O–H groups in total. The number of alkyl halides is 3. The molecule has 0 fully saturated rings. The summed E-state index contributed by atoms with van der Waals surface area (Å²) in [6.07, 6.45) is -2.48. The van der Waals surface area contributed by atoms with E-state index in [1.54, 1.807) is 25.9 Å². The molecule has 1 atom stereocenters. The average molecular weight is 397 g/mol. The molecule has 0 saturated heterocycles. The minimum Gasteiger partial charge on any atom is -0.348 e. The van der Waals surface area contributed by atoms with Crippen LogP contribution in [0, 0.1) is 5.82 Å². The first-order valence-electron chi connectivity index (χ1n) is 8.60. The molecule has 3 rings (SSSR count).